The molecule has 2 aromatic rings. The molecule has 0 aliphatic heterocycles. The molecule has 1 nitrogen and oxygen atoms in total. The van der Waals surface area contributed by atoms with Gasteiger partial charge in [0.25, 0.3) is 0 Å². The van der Waals surface area contributed by atoms with Crippen molar-refractivity contribution in [1.82, 2.24) is 0 Å². The van der Waals surface area contributed by atoms with E-state index < -0.39 is 6.61 Å². The molecule has 0 saturated carbocycles. The van der Waals surface area contributed by atoms with Crippen LogP contribution in [-0.2, 0) is 5.75 Å². The van der Waals surface area contributed by atoms with Crippen LogP contribution >= 0.6 is 11.8 Å². The quantitative estimate of drug-likeness (QED) is 0.721. The molecule has 19 heavy (non-hydrogen) atoms. The van der Waals surface area contributed by atoms with E-state index >= 15 is 0 Å². The van der Waals surface area contributed by atoms with E-state index in [1.807, 2.05) is 43.3 Å². The Hall–Kier alpha value is -1.55. The van der Waals surface area contributed by atoms with Crippen LogP contribution in [0.4, 0.5) is 8.78 Å². The predicted molar refractivity (Wildman–Crippen MR) is 73.8 cm³/mol. The first-order valence-corrected chi connectivity index (χ1v) is 6.86. The summed E-state index contributed by atoms with van der Waals surface area (Å²) in [6.07, 6.45) is 0. The molecule has 0 N–H and O–H groups in total. The van der Waals surface area contributed by atoms with Gasteiger partial charge in [-0.25, -0.2) is 0 Å². The van der Waals surface area contributed by atoms with Crippen molar-refractivity contribution in [2.45, 2.75) is 24.2 Å². The van der Waals surface area contributed by atoms with E-state index in [1.54, 1.807) is 12.1 Å². The standard InChI is InChI=1S/C15H14F2OS/c1-11-6-5-9-13(18-15(16)17)14(11)19-10-12-7-3-2-4-8-12/h2-9,15H,10H2,1H3. The largest absolute Gasteiger partial charge is 0.434 e. The maximum Gasteiger partial charge on any atom is 0.387 e. The van der Waals surface area contributed by atoms with Crippen LogP contribution in [0.5, 0.6) is 5.75 Å². The molecule has 100 valence electrons. The fraction of sp³-hybridized carbons (Fsp3) is 0.200. The smallest absolute Gasteiger partial charge is 0.387 e. The monoisotopic (exact) mass is 280 g/mol. The average molecular weight is 280 g/mol. The molecule has 0 atom stereocenters. The highest BCUT2D eigenvalue weighted by atomic mass is 32.2. The highest BCUT2D eigenvalue weighted by molar-refractivity contribution is 7.98. The summed E-state index contributed by atoms with van der Waals surface area (Å²) in [5.74, 6) is 0.974. The summed E-state index contributed by atoms with van der Waals surface area (Å²) in [6, 6.07) is 15.1. The Morgan fingerprint density at radius 2 is 1.79 bits per heavy atom. The van der Waals surface area contributed by atoms with Crippen molar-refractivity contribution in [3.05, 3.63) is 59.7 Å². The third-order valence-corrected chi connectivity index (χ3v) is 3.91. The van der Waals surface area contributed by atoms with Crippen LogP contribution in [0.25, 0.3) is 0 Å². The second-order valence-corrected chi connectivity index (χ2v) is 5.04. The van der Waals surface area contributed by atoms with Crippen LogP contribution in [0.1, 0.15) is 11.1 Å². The van der Waals surface area contributed by atoms with Crippen LogP contribution in [-0.4, -0.2) is 6.61 Å². The number of hydrogen-bond acceptors (Lipinski definition) is 2. The van der Waals surface area contributed by atoms with E-state index in [2.05, 4.69) is 4.74 Å². The molecule has 0 radical (unpaired) electrons. The second-order valence-electron chi connectivity index (χ2n) is 4.05. The van der Waals surface area contributed by atoms with Crippen molar-refractivity contribution in [2.24, 2.45) is 0 Å². The molecule has 0 aliphatic rings. The molecule has 0 bridgehead atoms. The van der Waals surface area contributed by atoms with Gasteiger partial charge in [-0.2, -0.15) is 8.78 Å². The minimum atomic E-state index is -2.79. The fourth-order valence-electron chi connectivity index (χ4n) is 1.73. The van der Waals surface area contributed by atoms with E-state index in [0.29, 0.717) is 0 Å². The highest BCUT2D eigenvalue weighted by Crippen LogP contribution is 2.35. The lowest BCUT2D eigenvalue weighted by molar-refractivity contribution is -0.0517. The molecule has 0 spiro atoms. The van der Waals surface area contributed by atoms with Gasteiger partial charge >= 0.3 is 6.61 Å². The van der Waals surface area contributed by atoms with Crippen LogP contribution in [0, 0.1) is 6.92 Å². The molecule has 0 amide bonds. The molecule has 4 heteroatoms. The number of ether oxygens (including phenoxy) is 1. The molecular formula is C15H14F2OS. The number of alkyl halides is 2. The van der Waals surface area contributed by atoms with Gasteiger partial charge in [-0.3, -0.25) is 0 Å². The van der Waals surface area contributed by atoms with Crippen LogP contribution in [0.3, 0.4) is 0 Å². The first kappa shape index (κ1) is 13.9. The molecule has 2 aromatic carbocycles. The van der Waals surface area contributed by atoms with E-state index in [1.165, 1.54) is 11.8 Å². The third-order valence-electron chi connectivity index (χ3n) is 2.62. The maximum atomic E-state index is 12.4. The summed E-state index contributed by atoms with van der Waals surface area (Å²) in [7, 11) is 0. The minimum absolute atomic E-state index is 0.246. The Morgan fingerprint density at radius 1 is 1.05 bits per heavy atom. The van der Waals surface area contributed by atoms with E-state index in [9.17, 15) is 8.78 Å². The molecule has 2 rings (SSSR count). The Morgan fingerprint density at radius 3 is 2.47 bits per heavy atom. The summed E-state index contributed by atoms with van der Waals surface area (Å²) in [6.45, 7) is -0.899. The van der Waals surface area contributed by atoms with Gasteiger partial charge in [-0.15, -0.1) is 11.8 Å². The Labute approximate surface area is 115 Å². The van der Waals surface area contributed by atoms with Crippen molar-refractivity contribution in [3.63, 3.8) is 0 Å². The first-order chi connectivity index (χ1) is 9.16. The van der Waals surface area contributed by atoms with Gasteiger partial charge in [0.1, 0.15) is 5.75 Å². The summed E-state index contributed by atoms with van der Waals surface area (Å²) < 4.78 is 29.3. The first-order valence-electron chi connectivity index (χ1n) is 5.88. The lowest BCUT2D eigenvalue weighted by atomic mass is 10.2. The lowest BCUT2D eigenvalue weighted by Crippen LogP contribution is -2.03. The van der Waals surface area contributed by atoms with Crippen molar-refractivity contribution < 1.29 is 13.5 Å². The Kier molecular flexibility index (Phi) is 4.80. The molecule has 0 aliphatic carbocycles. The van der Waals surface area contributed by atoms with Gasteiger partial charge < -0.3 is 4.74 Å². The van der Waals surface area contributed by atoms with Crippen molar-refractivity contribution in [2.75, 3.05) is 0 Å². The Balaban J connectivity index is 2.14. The average Bonchev–Trinajstić information content (AvgIpc) is 2.38. The number of thioether (sulfide) groups is 1. The van der Waals surface area contributed by atoms with Gasteiger partial charge in [-0.05, 0) is 24.1 Å². The number of hydrogen-bond donors (Lipinski definition) is 0. The molecule has 0 saturated heterocycles. The maximum absolute atomic E-state index is 12.4. The topological polar surface area (TPSA) is 9.23 Å². The summed E-state index contributed by atoms with van der Waals surface area (Å²) in [4.78, 5) is 0.770. The lowest BCUT2D eigenvalue weighted by Gasteiger charge is -2.12. The van der Waals surface area contributed by atoms with Crippen LogP contribution in [0.2, 0.25) is 0 Å². The van der Waals surface area contributed by atoms with Gasteiger partial charge in [0.2, 0.25) is 0 Å². The van der Waals surface area contributed by atoms with E-state index in [4.69, 9.17) is 0 Å². The number of benzene rings is 2. The van der Waals surface area contributed by atoms with Gasteiger partial charge in [-0.1, -0.05) is 42.5 Å². The van der Waals surface area contributed by atoms with Crippen molar-refractivity contribution in [1.29, 1.82) is 0 Å². The van der Waals surface area contributed by atoms with Gasteiger partial charge in [0.15, 0.2) is 0 Å². The zero-order valence-electron chi connectivity index (χ0n) is 10.5. The normalized spacial score (nSPS) is 10.7. The number of aryl methyl sites for hydroxylation is 1. The fourth-order valence-corrected chi connectivity index (χ4v) is 2.79. The molecule has 0 heterocycles. The summed E-state index contributed by atoms with van der Waals surface area (Å²) in [5.41, 5.74) is 2.10. The van der Waals surface area contributed by atoms with Gasteiger partial charge in [0, 0.05) is 5.75 Å². The zero-order chi connectivity index (χ0) is 13.7. The zero-order valence-corrected chi connectivity index (χ0v) is 11.3. The number of rotatable bonds is 5. The second kappa shape index (κ2) is 6.57. The van der Waals surface area contributed by atoms with Crippen LogP contribution < -0.4 is 4.74 Å². The Bertz CT molecular complexity index is 529. The molecular weight excluding hydrogens is 266 g/mol. The van der Waals surface area contributed by atoms with Crippen molar-refractivity contribution in [3.8, 4) is 5.75 Å². The highest BCUT2D eigenvalue weighted by Gasteiger charge is 2.12. The minimum Gasteiger partial charge on any atom is -0.434 e. The molecule has 0 aromatic heterocycles. The van der Waals surface area contributed by atoms with Crippen molar-refractivity contribution >= 4 is 11.8 Å². The van der Waals surface area contributed by atoms with Crippen LogP contribution in [0.15, 0.2) is 53.4 Å². The predicted octanol–water partition coefficient (Wildman–Crippen LogP) is 4.89. The van der Waals surface area contributed by atoms with E-state index in [0.717, 1.165) is 21.8 Å². The SMILES string of the molecule is Cc1cccc(OC(F)F)c1SCc1ccccc1. The molecule has 0 unspecified atom stereocenters. The van der Waals surface area contributed by atoms with Gasteiger partial charge in [0.05, 0.1) is 4.90 Å². The van der Waals surface area contributed by atoms with E-state index in [-0.39, 0.29) is 5.75 Å². The third kappa shape index (κ3) is 3.96. The summed E-state index contributed by atoms with van der Waals surface area (Å²) in [5, 5.41) is 0. The summed E-state index contributed by atoms with van der Waals surface area (Å²) >= 11 is 1.51. The molecule has 0 fully saturated rings. The number of halogens is 2.